The molecule has 140 valence electrons. The van der Waals surface area contributed by atoms with Gasteiger partial charge in [0.05, 0.1) is 12.7 Å². The average Bonchev–Trinajstić information content (AvgIpc) is 2.73. The fourth-order valence-electron chi connectivity index (χ4n) is 2.48. The molecule has 0 spiro atoms. The van der Waals surface area contributed by atoms with E-state index in [9.17, 15) is 14.0 Å². The van der Waals surface area contributed by atoms with Crippen LogP contribution in [0.15, 0.2) is 78.9 Å². The molecular weight excluding hydrogens is 359 g/mol. The molecule has 0 saturated carbocycles. The van der Waals surface area contributed by atoms with Gasteiger partial charge in [0, 0.05) is 11.1 Å². The Bertz CT molecular complexity index is 1020. The molecule has 0 bridgehead atoms. The van der Waals surface area contributed by atoms with Crippen LogP contribution in [0, 0.1) is 5.82 Å². The Morgan fingerprint density at radius 3 is 2.32 bits per heavy atom. The maximum absolute atomic E-state index is 13.6. The Balaban J connectivity index is 1.66. The lowest BCUT2D eigenvalue weighted by Crippen LogP contribution is -2.08. The van der Waals surface area contributed by atoms with Gasteiger partial charge in [-0.3, -0.25) is 4.79 Å². The van der Waals surface area contributed by atoms with Gasteiger partial charge in [-0.1, -0.05) is 24.3 Å². The Morgan fingerprint density at radius 1 is 0.857 bits per heavy atom. The molecule has 0 N–H and O–H groups in total. The first-order valence-corrected chi connectivity index (χ1v) is 8.50. The van der Waals surface area contributed by atoms with Gasteiger partial charge in [0.2, 0.25) is 0 Å². The standard InChI is InChI=1S/C23H17FO4/c1-27-20-7-4-6-18(15-20)23(26)28-19-12-9-17(10-13-19)22(25)14-11-16-5-2-3-8-21(16)24/h2-15H,1H3. The van der Waals surface area contributed by atoms with Crippen LogP contribution in [0.1, 0.15) is 26.3 Å². The minimum atomic E-state index is -0.530. The van der Waals surface area contributed by atoms with E-state index in [-0.39, 0.29) is 5.78 Å². The van der Waals surface area contributed by atoms with Gasteiger partial charge in [-0.05, 0) is 60.7 Å². The van der Waals surface area contributed by atoms with E-state index < -0.39 is 11.8 Å². The Hall–Kier alpha value is -3.73. The van der Waals surface area contributed by atoms with E-state index in [4.69, 9.17) is 9.47 Å². The zero-order valence-corrected chi connectivity index (χ0v) is 15.1. The maximum atomic E-state index is 13.6. The molecule has 3 aromatic rings. The molecule has 28 heavy (non-hydrogen) atoms. The van der Waals surface area contributed by atoms with Crippen molar-refractivity contribution < 1.29 is 23.5 Å². The molecule has 0 heterocycles. The highest BCUT2D eigenvalue weighted by molar-refractivity contribution is 6.06. The van der Waals surface area contributed by atoms with Crippen LogP contribution >= 0.6 is 0 Å². The van der Waals surface area contributed by atoms with E-state index >= 15 is 0 Å². The monoisotopic (exact) mass is 376 g/mol. The minimum absolute atomic E-state index is 0.283. The molecule has 0 radical (unpaired) electrons. The fraction of sp³-hybridized carbons (Fsp3) is 0.0435. The number of ketones is 1. The molecule has 3 aromatic carbocycles. The topological polar surface area (TPSA) is 52.6 Å². The number of methoxy groups -OCH3 is 1. The summed E-state index contributed by atoms with van der Waals surface area (Å²) in [6.07, 6.45) is 2.73. The van der Waals surface area contributed by atoms with Crippen LogP contribution in [-0.4, -0.2) is 18.9 Å². The normalized spacial score (nSPS) is 10.6. The van der Waals surface area contributed by atoms with Crippen molar-refractivity contribution in [1.29, 1.82) is 0 Å². The van der Waals surface area contributed by atoms with Gasteiger partial charge < -0.3 is 9.47 Å². The Morgan fingerprint density at radius 2 is 1.61 bits per heavy atom. The number of hydrogen-bond donors (Lipinski definition) is 0. The van der Waals surface area contributed by atoms with Gasteiger partial charge in [0.25, 0.3) is 0 Å². The smallest absolute Gasteiger partial charge is 0.343 e. The first kappa shape index (κ1) is 19.0. The average molecular weight is 376 g/mol. The number of ether oxygens (including phenoxy) is 2. The van der Waals surface area contributed by atoms with Crippen molar-refractivity contribution in [3.05, 3.63) is 101 Å². The molecule has 5 heteroatoms. The predicted octanol–water partition coefficient (Wildman–Crippen LogP) is 4.95. The zero-order valence-electron chi connectivity index (χ0n) is 15.1. The van der Waals surface area contributed by atoms with Gasteiger partial charge in [-0.25, -0.2) is 9.18 Å². The third-order valence-electron chi connectivity index (χ3n) is 3.97. The number of benzene rings is 3. The molecule has 0 saturated heterocycles. The third-order valence-corrected chi connectivity index (χ3v) is 3.97. The van der Waals surface area contributed by atoms with E-state index in [2.05, 4.69) is 0 Å². The van der Waals surface area contributed by atoms with Gasteiger partial charge in [-0.2, -0.15) is 0 Å². The number of carbonyl (C=O) groups excluding carboxylic acids is 2. The van der Waals surface area contributed by atoms with E-state index in [0.29, 0.717) is 28.2 Å². The van der Waals surface area contributed by atoms with Crippen LogP contribution in [0.3, 0.4) is 0 Å². The van der Waals surface area contributed by atoms with Crippen LogP contribution in [-0.2, 0) is 0 Å². The van der Waals surface area contributed by atoms with Crippen LogP contribution in [0.25, 0.3) is 6.08 Å². The number of halogens is 1. The number of carbonyl (C=O) groups is 2. The highest BCUT2D eigenvalue weighted by Crippen LogP contribution is 2.18. The lowest BCUT2D eigenvalue weighted by Gasteiger charge is -2.06. The summed E-state index contributed by atoms with van der Waals surface area (Å²) in [6, 6.07) is 19.0. The van der Waals surface area contributed by atoms with E-state index in [1.165, 1.54) is 37.5 Å². The van der Waals surface area contributed by atoms with Crippen molar-refractivity contribution in [2.45, 2.75) is 0 Å². The Labute approximate surface area is 161 Å². The lowest BCUT2D eigenvalue weighted by atomic mass is 10.1. The molecule has 0 amide bonds. The molecule has 0 aliphatic rings. The van der Waals surface area contributed by atoms with E-state index in [0.717, 1.165) is 0 Å². The van der Waals surface area contributed by atoms with Crippen molar-refractivity contribution in [3.63, 3.8) is 0 Å². The predicted molar refractivity (Wildman–Crippen MR) is 104 cm³/mol. The van der Waals surface area contributed by atoms with Crippen LogP contribution in [0.4, 0.5) is 4.39 Å². The van der Waals surface area contributed by atoms with Gasteiger partial charge in [0.15, 0.2) is 5.78 Å². The van der Waals surface area contributed by atoms with Crippen LogP contribution in [0.2, 0.25) is 0 Å². The van der Waals surface area contributed by atoms with E-state index in [1.54, 1.807) is 54.6 Å². The van der Waals surface area contributed by atoms with Gasteiger partial charge in [0.1, 0.15) is 17.3 Å². The van der Waals surface area contributed by atoms with Crippen molar-refractivity contribution >= 4 is 17.8 Å². The summed E-state index contributed by atoms with van der Waals surface area (Å²) in [4.78, 5) is 24.4. The van der Waals surface area contributed by atoms with Crippen molar-refractivity contribution in [3.8, 4) is 11.5 Å². The van der Waals surface area contributed by atoms with Crippen molar-refractivity contribution in [2.75, 3.05) is 7.11 Å². The number of allylic oxidation sites excluding steroid dienone is 1. The second-order valence-corrected chi connectivity index (χ2v) is 5.86. The largest absolute Gasteiger partial charge is 0.497 e. The quantitative estimate of drug-likeness (QED) is 0.264. The van der Waals surface area contributed by atoms with E-state index in [1.807, 2.05) is 0 Å². The first-order valence-electron chi connectivity index (χ1n) is 8.50. The molecule has 0 aliphatic heterocycles. The van der Waals surface area contributed by atoms with Crippen LogP contribution < -0.4 is 9.47 Å². The number of rotatable bonds is 6. The molecule has 3 rings (SSSR count). The molecule has 0 atom stereocenters. The van der Waals surface area contributed by atoms with Gasteiger partial charge in [-0.15, -0.1) is 0 Å². The SMILES string of the molecule is COc1cccc(C(=O)Oc2ccc(C(=O)C=Cc3ccccc3F)cc2)c1. The second-order valence-electron chi connectivity index (χ2n) is 5.86. The minimum Gasteiger partial charge on any atom is -0.497 e. The summed E-state index contributed by atoms with van der Waals surface area (Å²) in [7, 11) is 1.51. The van der Waals surface area contributed by atoms with Crippen molar-refractivity contribution in [2.24, 2.45) is 0 Å². The highest BCUT2D eigenvalue weighted by atomic mass is 19.1. The summed E-state index contributed by atoms with van der Waals surface area (Å²) in [5.41, 5.74) is 1.08. The fourth-order valence-corrected chi connectivity index (χ4v) is 2.48. The second kappa shape index (κ2) is 8.77. The highest BCUT2D eigenvalue weighted by Gasteiger charge is 2.10. The summed E-state index contributed by atoms with van der Waals surface area (Å²) < 4.78 is 24.0. The maximum Gasteiger partial charge on any atom is 0.343 e. The molecule has 0 unspecified atom stereocenters. The lowest BCUT2D eigenvalue weighted by molar-refractivity contribution is 0.0734. The number of esters is 1. The Kier molecular flexibility index (Phi) is 5.97. The molecule has 0 aliphatic carbocycles. The summed E-state index contributed by atoms with van der Waals surface area (Å²) in [5, 5.41) is 0. The number of hydrogen-bond acceptors (Lipinski definition) is 4. The molecule has 4 nitrogen and oxygen atoms in total. The van der Waals surface area contributed by atoms with Crippen molar-refractivity contribution in [1.82, 2.24) is 0 Å². The summed E-state index contributed by atoms with van der Waals surface area (Å²) in [5.74, 6) is -0.350. The summed E-state index contributed by atoms with van der Waals surface area (Å²) in [6.45, 7) is 0. The third kappa shape index (κ3) is 4.71. The van der Waals surface area contributed by atoms with Gasteiger partial charge >= 0.3 is 5.97 Å². The summed E-state index contributed by atoms with van der Waals surface area (Å²) >= 11 is 0. The first-order chi connectivity index (χ1) is 13.6. The molecule has 0 fully saturated rings. The van der Waals surface area contributed by atoms with Crippen LogP contribution in [0.5, 0.6) is 11.5 Å². The molecule has 0 aromatic heterocycles. The zero-order chi connectivity index (χ0) is 19.9. The molecular formula is C23H17FO4.